The van der Waals surface area contributed by atoms with Crippen LogP contribution in [0.3, 0.4) is 0 Å². The topological polar surface area (TPSA) is 94.2 Å². The van der Waals surface area contributed by atoms with Gasteiger partial charge in [0.15, 0.2) is 11.5 Å². The average molecular weight is 455 g/mol. The summed E-state index contributed by atoms with van der Waals surface area (Å²) < 4.78 is 15.8. The highest BCUT2D eigenvalue weighted by molar-refractivity contribution is 6.10. The highest BCUT2D eigenvalue weighted by Crippen LogP contribution is 2.40. The smallest absolute Gasteiger partial charge is 0.240 e. The number of imide groups is 1. The van der Waals surface area contributed by atoms with Gasteiger partial charge < -0.3 is 19.5 Å². The van der Waals surface area contributed by atoms with E-state index < -0.39 is 5.41 Å². The quantitative estimate of drug-likeness (QED) is 0.414. The molecular weight excluding hydrogens is 424 g/mol. The highest BCUT2D eigenvalue weighted by atomic mass is 16.5. The zero-order valence-corrected chi connectivity index (χ0v) is 19.3. The molecule has 1 atom stereocenters. The summed E-state index contributed by atoms with van der Waals surface area (Å²) in [6.45, 7) is 0.907. The molecule has 2 aromatic rings. The molecule has 1 aliphatic heterocycles. The van der Waals surface area contributed by atoms with Crippen molar-refractivity contribution in [3.05, 3.63) is 59.7 Å². The number of rotatable bonds is 11. The number of nitrogens with zero attached hydrogens (tertiary/aromatic N) is 1. The molecule has 0 spiro atoms. The lowest BCUT2D eigenvalue weighted by Gasteiger charge is -2.27. The Morgan fingerprint density at radius 3 is 2.45 bits per heavy atom. The van der Waals surface area contributed by atoms with E-state index in [-0.39, 0.29) is 43.7 Å². The van der Waals surface area contributed by atoms with Gasteiger partial charge in [-0.05, 0) is 18.1 Å². The van der Waals surface area contributed by atoms with Crippen molar-refractivity contribution in [2.75, 3.05) is 34.5 Å². The fourth-order valence-corrected chi connectivity index (χ4v) is 4.24. The summed E-state index contributed by atoms with van der Waals surface area (Å²) in [5, 5.41) is 2.87. The Kier molecular flexibility index (Phi) is 8.06. The third kappa shape index (κ3) is 5.17. The van der Waals surface area contributed by atoms with Gasteiger partial charge in [0.25, 0.3) is 0 Å². The Morgan fingerprint density at radius 1 is 1.03 bits per heavy atom. The first-order chi connectivity index (χ1) is 16.0. The van der Waals surface area contributed by atoms with Crippen molar-refractivity contribution in [2.24, 2.45) is 0 Å². The lowest BCUT2D eigenvalue weighted by atomic mass is 9.75. The van der Waals surface area contributed by atoms with Crippen LogP contribution in [0.1, 0.15) is 30.4 Å². The lowest BCUT2D eigenvalue weighted by molar-refractivity contribution is -0.141. The molecule has 0 radical (unpaired) electrons. The summed E-state index contributed by atoms with van der Waals surface area (Å²) in [7, 11) is 4.66. The van der Waals surface area contributed by atoms with Gasteiger partial charge in [-0.2, -0.15) is 0 Å². The molecule has 8 heteroatoms. The second kappa shape index (κ2) is 11.0. The summed E-state index contributed by atoms with van der Waals surface area (Å²) in [5.41, 5.74) is 0.175. The van der Waals surface area contributed by atoms with Crippen LogP contribution in [0.4, 0.5) is 0 Å². The van der Waals surface area contributed by atoms with Gasteiger partial charge in [-0.3, -0.25) is 19.3 Å². The predicted molar refractivity (Wildman–Crippen MR) is 122 cm³/mol. The summed E-state index contributed by atoms with van der Waals surface area (Å²) in [4.78, 5) is 40.6. The standard InChI is InChI=1S/C25H30N2O6/c1-31-14-8-13-27-22(29)16-25(24(27)30,19-10-5-4-6-11-19)15-21(28)26-17-18-9-7-12-20(32-2)23(18)33-3/h4-7,9-12H,8,13-17H2,1-3H3,(H,26,28). The van der Waals surface area contributed by atoms with Crippen molar-refractivity contribution < 1.29 is 28.6 Å². The third-order valence-corrected chi connectivity index (χ3v) is 5.89. The molecular formula is C25H30N2O6. The molecule has 176 valence electrons. The normalized spacial score (nSPS) is 17.8. The Balaban J connectivity index is 1.80. The van der Waals surface area contributed by atoms with E-state index in [2.05, 4.69) is 5.32 Å². The maximum absolute atomic E-state index is 13.5. The van der Waals surface area contributed by atoms with Crippen LogP contribution in [0.15, 0.2) is 48.5 Å². The number of amides is 3. The first kappa shape index (κ1) is 24.3. The molecule has 0 aliphatic carbocycles. The second-order valence-electron chi connectivity index (χ2n) is 7.93. The predicted octanol–water partition coefficient (Wildman–Crippen LogP) is 2.44. The average Bonchev–Trinajstić information content (AvgIpc) is 3.07. The molecule has 2 aromatic carbocycles. The van der Waals surface area contributed by atoms with E-state index in [4.69, 9.17) is 14.2 Å². The molecule has 1 N–H and O–H groups in total. The molecule has 0 saturated carbocycles. The monoisotopic (exact) mass is 454 g/mol. The lowest BCUT2D eigenvalue weighted by Crippen LogP contribution is -2.42. The number of carbonyl (C=O) groups is 3. The van der Waals surface area contributed by atoms with Gasteiger partial charge in [-0.25, -0.2) is 0 Å². The van der Waals surface area contributed by atoms with Crippen LogP contribution >= 0.6 is 0 Å². The van der Waals surface area contributed by atoms with E-state index in [1.807, 2.05) is 18.2 Å². The minimum Gasteiger partial charge on any atom is -0.493 e. The number of para-hydroxylation sites is 1. The van der Waals surface area contributed by atoms with Crippen LogP contribution < -0.4 is 14.8 Å². The molecule has 33 heavy (non-hydrogen) atoms. The number of hydrogen-bond donors (Lipinski definition) is 1. The Labute approximate surface area is 193 Å². The van der Waals surface area contributed by atoms with Gasteiger partial charge in [-0.15, -0.1) is 0 Å². The number of likely N-dealkylation sites (tertiary alicyclic amines) is 1. The van der Waals surface area contributed by atoms with Crippen molar-refractivity contribution >= 4 is 17.7 Å². The number of carbonyl (C=O) groups excluding carboxylic acids is 3. The molecule has 3 rings (SSSR count). The first-order valence-corrected chi connectivity index (χ1v) is 10.8. The Morgan fingerprint density at radius 2 is 1.79 bits per heavy atom. The maximum atomic E-state index is 13.5. The van der Waals surface area contributed by atoms with Gasteiger partial charge in [0.1, 0.15) is 0 Å². The molecule has 0 aromatic heterocycles. The zero-order valence-electron chi connectivity index (χ0n) is 19.3. The van der Waals surface area contributed by atoms with Gasteiger partial charge in [0, 0.05) is 45.2 Å². The van der Waals surface area contributed by atoms with Crippen molar-refractivity contribution in [1.82, 2.24) is 10.2 Å². The van der Waals surface area contributed by atoms with E-state index in [0.717, 1.165) is 5.56 Å². The van der Waals surface area contributed by atoms with Crippen molar-refractivity contribution in [3.8, 4) is 11.5 Å². The Bertz CT molecular complexity index is 994. The number of ether oxygens (including phenoxy) is 3. The van der Waals surface area contributed by atoms with Gasteiger partial charge in [0.05, 0.1) is 19.6 Å². The van der Waals surface area contributed by atoms with Crippen LogP contribution in [0, 0.1) is 0 Å². The van der Waals surface area contributed by atoms with E-state index in [9.17, 15) is 14.4 Å². The van der Waals surface area contributed by atoms with Crippen LogP contribution in [0.2, 0.25) is 0 Å². The SMILES string of the molecule is COCCCN1C(=O)CC(CC(=O)NCc2cccc(OC)c2OC)(c2ccccc2)C1=O. The summed E-state index contributed by atoms with van der Waals surface area (Å²) in [6.07, 6.45) is 0.369. The molecule has 1 saturated heterocycles. The number of hydrogen-bond acceptors (Lipinski definition) is 6. The van der Waals surface area contributed by atoms with Crippen LogP contribution in [0.25, 0.3) is 0 Å². The van der Waals surface area contributed by atoms with Gasteiger partial charge >= 0.3 is 0 Å². The molecule has 3 amide bonds. The molecule has 1 aliphatic rings. The van der Waals surface area contributed by atoms with Crippen LogP contribution in [0.5, 0.6) is 11.5 Å². The molecule has 0 bridgehead atoms. The van der Waals surface area contributed by atoms with Gasteiger partial charge in [0.2, 0.25) is 17.7 Å². The zero-order chi connectivity index (χ0) is 23.8. The van der Waals surface area contributed by atoms with Crippen molar-refractivity contribution in [1.29, 1.82) is 0 Å². The summed E-state index contributed by atoms with van der Waals surface area (Å²) in [5.74, 6) is 0.150. The molecule has 1 fully saturated rings. The fraction of sp³-hybridized carbons (Fsp3) is 0.400. The maximum Gasteiger partial charge on any atom is 0.240 e. The van der Waals surface area contributed by atoms with Crippen molar-refractivity contribution in [2.45, 2.75) is 31.2 Å². The van der Waals surface area contributed by atoms with Crippen LogP contribution in [-0.2, 0) is 31.1 Å². The fourth-order valence-electron chi connectivity index (χ4n) is 4.24. The number of methoxy groups -OCH3 is 3. The molecule has 1 unspecified atom stereocenters. The van der Waals surface area contributed by atoms with Crippen molar-refractivity contribution in [3.63, 3.8) is 0 Å². The van der Waals surface area contributed by atoms with Crippen LogP contribution in [-0.4, -0.2) is 57.1 Å². The first-order valence-electron chi connectivity index (χ1n) is 10.8. The highest BCUT2D eigenvalue weighted by Gasteiger charge is 2.53. The van der Waals surface area contributed by atoms with E-state index in [1.165, 1.54) is 12.0 Å². The Hall–Kier alpha value is -3.39. The summed E-state index contributed by atoms with van der Waals surface area (Å²) >= 11 is 0. The van der Waals surface area contributed by atoms with E-state index in [1.54, 1.807) is 44.6 Å². The minimum atomic E-state index is -1.23. The second-order valence-corrected chi connectivity index (χ2v) is 7.93. The van der Waals surface area contributed by atoms with E-state index >= 15 is 0 Å². The number of nitrogens with one attached hydrogen (secondary N) is 1. The van der Waals surface area contributed by atoms with Gasteiger partial charge in [-0.1, -0.05) is 42.5 Å². The largest absolute Gasteiger partial charge is 0.493 e. The summed E-state index contributed by atoms with van der Waals surface area (Å²) in [6, 6.07) is 14.5. The molecule has 1 heterocycles. The molecule has 8 nitrogen and oxygen atoms in total. The van der Waals surface area contributed by atoms with E-state index in [0.29, 0.717) is 30.1 Å². The number of benzene rings is 2. The minimum absolute atomic E-state index is 0.0429. The third-order valence-electron chi connectivity index (χ3n) is 5.89.